The third-order valence-electron chi connectivity index (χ3n) is 3.21. The first kappa shape index (κ1) is 14.8. The smallest absolute Gasteiger partial charge is 0.256 e. The molecule has 0 atom stereocenters. The number of carbonyl (C=O) groups excluding carboxylic acids is 1. The first-order valence-electron chi connectivity index (χ1n) is 6.63. The maximum Gasteiger partial charge on any atom is 0.256 e. The highest BCUT2D eigenvalue weighted by Crippen LogP contribution is 2.19. The molecular formula is C13H19N3O3S. The molecule has 20 heavy (non-hydrogen) atoms. The maximum atomic E-state index is 12.5. The summed E-state index contributed by atoms with van der Waals surface area (Å²) in [4.78, 5) is 14.2. The maximum absolute atomic E-state index is 12.5. The van der Waals surface area contributed by atoms with Crippen molar-refractivity contribution in [3.63, 3.8) is 0 Å². The Labute approximate surface area is 119 Å². The predicted octanol–water partition coefficient (Wildman–Crippen LogP) is 0.494. The summed E-state index contributed by atoms with van der Waals surface area (Å²) in [6, 6.07) is 6.71. The number of rotatable bonds is 4. The number of benzene rings is 1. The number of hydrogen-bond acceptors (Lipinski definition) is 4. The largest absolute Gasteiger partial charge is 0.336 e. The van der Waals surface area contributed by atoms with Crippen molar-refractivity contribution in [1.29, 1.82) is 0 Å². The molecule has 1 aliphatic rings. The van der Waals surface area contributed by atoms with Crippen LogP contribution in [0.1, 0.15) is 17.3 Å². The van der Waals surface area contributed by atoms with E-state index in [0.29, 0.717) is 24.3 Å². The van der Waals surface area contributed by atoms with Crippen LogP contribution in [-0.4, -0.2) is 51.2 Å². The van der Waals surface area contributed by atoms with Crippen molar-refractivity contribution in [2.24, 2.45) is 0 Å². The van der Waals surface area contributed by atoms with Gasteiger partial charge in [0.1, 0.15) is 0 Å². The molecule has 6 nitrogen and oxygen atoms in total. The summed E-state index contributed by atoms with van der Waals surface area (Å²) < 4.78 is 25.8. The molecule has 7 heteroatoms. The lowest BCUT2D eigenvalue weighted by Crippen LogP contribution is -2.46. The van der Waals surface area contributed by atoms with Gasteiger partial charge in [0.25, 0.3) is 5.91 Å². The van der Waals surface area contributed by atoms with Gasteiger partial charge in [-0.1, -0.05) is 12.1 Å². The number of carbonyl (C=O) groups is 1. The van der Waals surface area contributed by atoms with Gasteiger partial charge in [0.2, 0.25) is 10.0 Å². The second-order valence-electron chi connectivity index (χ2n) is 4.59. The summed E-state index contributed by atoms with van der Waals surface area (Å²) in [5.41, 5.74) is 0.740. The number of anilines is 1. The Morgan fingerprint density at radius 3 is 2.60 bits per heavy atom. The average Bonchev–Trinajstić information content (AvgIpc) is 2.48. The molecule has 0 spiro atoms. The number of hydrogen-bond donors (Lipinski definition) is 2. The van der Waals surface area contributed by atoms with Crippen LogP contribution in [0.2, 0.25) is 0 Å². The van der Waals surface area contributed by atoms with Crippen LogP contribution < -0.4 is 10.0 Å². The lowest BCUT2D eigenvalue weighted by Gasteiger charge is -2.28. The molecule has 1 heterocycles. The number of para-hydroxylation sites is 1. The summed E-state index contributed by atoms with van der Waals surface area (Å²) >= 11 is 0. The Balaban J connectivity index is 2.25. The van der Waals surface area contributed by atoms with Gasteiger partial charge in [-0.2, -0.15) is 0 Å². The molecule has 1 fully saturated rings. The van der Waals surface area contributed by atoms with Crippen LogP contribution in [0.15, 0.2) is 24.3 Å². The predicted molar refractivity (Wildman–Crippen MR) is 78.3 cm³/mol. The molecule has 1 aromatic rings. The number of amides is 1. The van der Waals surface area contributed by atoms with Crippen LogP contribution in [0.5, 0.6) is 0 Å². The van der Waals surface area contributed by atoms with E-state index < -0.39 is 10.0 Å². The number of nitrogens with zero attached hydrogens (tertiary/aromatic N) is 1. The van der Waals surface area contributed by atoms with Gasteiger partial charge < -0.3 is 10.2 Å². The highest BCUT2D eigenvalue weighted by molar-refractivity contribution is 7.92. The first-order chi connectivity index (χ1) is 9.53. The molecular weight excluding hydrogens is 278 g/mol. The van der Waals surface area contributed by atoms with Gasteiger partial charge in [0.05, 0.1) is 17.0 Å². The van der Waals surface area contributed by atoms with Gasteiger partial charge in [-0.3, -0.25) is 9.52 Å². The summed E-state index contributed by atoms with van der Waals surface area (Å²) in [6.45, 7) is 4.34. The Hall–Kier alpha value is -1.60. The van der Waals surface area contributed by atoms with Gasteiger partial charge in [-0.05, 0) is 19.1 Å². The van der Waals surface area contributed by atoms with Crippen molar-refractivity contribution in [2.45, 2.75) is 6.92 Å². The van der Waals surface area contributed by atoms with Crippen LogP contribution >= 0.6 is 0 Å². The first-order valence-corrected chi connectivity index (χ1v) is 8.28. The molecule has 0 aliphatic carbocycles. The summed E-state index contributed by atoms with van der Waals surface area (Å²) in [5.74, 6) is -0.163. The van der Waals surface area contributed by atoms with E-state index in [1.54, 1.807) is 36.1 Å². The molecule has 0 aromatic heterocycles. The van der Waals surface area contributed by atoms with Crippen LogP contribution in [0.4, 0.5) is 5.69 Å². The summed E-state index contributed by atoms with van der Waals surface area (Å²) in [7, 11) is -3.39. The van der Waals surface area contributed by atoms with Gasteiger partial charge >= 0.3 is 0 Å². The van der Waals surface area contributed by atoms with Crippen molar-refractivity contribution < 1.29 is 13.2 Å². The van der Waals surface area contributed by atoms with Gasteiger partial charge in [-0.25, -0.2) is 8.42 Å². The highest BCUT2D eigenvalue weighted by atomic mass is 32.2. The molecule has 0 unspecified atom stereocenters. The van der Waals surface area contributed by atoms with E-state index in [-0.39, 0.29) is 11.7 Å². The molecule has 2 rings (SSSR count). The van der Waals surface area contributed by atoms with E-state index in [1.165, 1.54) is 0 Å². The summed E-state index contributed by atoms with van der Waals surface area (Å²) in [5, 5.41) is 3.18. The molecule has 1 aromatic carbocycles. The minimum absolute atomic E-state index is 0.0246. The van der Waals surface area contributed by atoms with E-state index in [9.17, 15) is 13.2 Å². The quantitative estimate of drug-likeness (QED) is 0.848. The number of piperazine rings is 1. The Morgan fingerprint density at radius 1 is 1.30 bits per heavy atom. The van der Waals surface area contributed by atoms with Crippen LogP contribution in [0.3, 0.4) is 0 Å². The van der Waals surface area contributed by atoms with Crippen molar-refractivity contribution in [2.75, 3.05) is 36.7 Å². The molecule has 0 radical (unpaired) electrons. The van der Waals surface area contributed by atoms with Crippen molar-refractivity contribution in [3.8, 4) is 0 Å². The lowest BCUT2D eigenvalue weighted by atomic mass is 10.1. The second-order valence-corrected chi connectivity index (χ2v) is 6.60. The minimum atomic E-state index is -3.39. The molecule has 110 valence electrons. The Bertz CT molecular complexity index is 580. The SMILES string of the molecule is CCS(=O)(=O)Nc1ccccc1C(=O)N1CCNCC1. The molecule has 1 amide bonds. The fourth-order valence-electron chi connectivity index (χ4n) is 2.04. The van der Waals surface area contributed by atoms with Gasteiger partial charge in [0, 0.05) is 26.2 Å². The molecule has 2 N–H and O–H groups in total. The fourth-order valence-corrected chi connectivity index (χ4v) is 2.69. The Kier molecular flexibility index (Phi) is 4.61. The van der Waals surface area contributed by atoms with Crippen LogP contribution in [0, 0.1) is 0 Å². The van der Waals surface area contributed by atoms with Crippen LogP contribution in [0.25, 0.3) is 0 Å². The third-order valence-corrected chi connectivity index (χ3v) is 4.50. The minimum Gasteiger partial charge on any atom is -0.336 e. The third kappa shape index (κ3) is 3.49. The van der Waals surface area contributed by atoms with Crippen molar-refractivity contribution in [3.05, 3.63) is 29.8 Å². The van der Waals surface area contributed by atoms with E-state index in [4.69, 9.17) is 0 Å². The van der Waals surface area contributed by atoms with E-state index >= 15 is 0 Å². The van der Waals surface area contributed by atoms with E-state index in [1.807, 2.05) is 0 Å². The number of nitrogens with one attached hydrogen (secondary N) is 2. The van der Waals surface area contributed by atoms with Crippen LogP contribution in [-0.2, 0) is 10.0 Å². The zero-order chi connectivity index (χ0) is 14.6. The second kappa shape index (κ2) is 6.23. The average molecular weight is 297 g/mol. The zero-order valence-electron chi connectivity index (χ0n) is 11.4. The molecule has 0 bridgehead atoms. The number of sulfonamides is 1. The summed E-state index contributed by atoms with van der Waals surface area (Å²) in [6.07, 6.45) is 0. The van der Waals surface area contributed by atoms with Crippen molar-refractivity contribution >= 4 is 21.6 Å². The monoisotopic (exact) mass is 297 g/mol. The van der Waals surface area contributed by atoms with E-state index in [2.05, 4.69) is 10.0 Å². The molecule has 0 saturated carbocycles. The van der Waals surface area contributed by atoms with Gasteiger partial charge in [0.15, 0.2) is 0 Å². The molecule has 1 aliphatic heterocycles. The lowest BCUT2D eigenvalue weighted by molar-refractivity contribution is 0.0737. The van der Waals surface area contributed by atoms with Crippen molar-refractivity contribution in [1.82, 2.24) is 10.2 Å². The fraction of sp³-hybridized carbons (Fsp3) is 0.462. The zero-order valence-corrected chi connectivity index (χ0v) is 12.2. The topological polar surface area (TPSA) is 78.5 Å². The normalized spacial score (nSPS) is 15.9. The Morgan fingerprint density at radius 2 is 1.95 bits per heavy atom. The standard InChI is InChI=1S/C13H19N3O3S/c1-2-20(18,19)15-12-6-4-3-5-11(12)13(17)16-9-7-14-8-10-16/h3-6,14-15H,2,7-10H2,1H3. The molecule has 1 saturated heterocycles. The van der Waals surface area contributed by atoms with E-state index in [0.717, 1.165) is 13.1 Å². The van der Waals surface area contributed by atoms with Gasteiger partial charge in [-0.15, -0.1) is 0 Å². The highest BCUT2D eigenvalue weighted by Gasteiger charge is 2.21.